The van der Waals surface area contributed by atoms with Crippen LogP contribution in [0.1, 0.15) is 30.5 Å². The SMILES string of the molecule is CCC1CCSC(=NCc2csc(C)n2)N1. The Morgan fingerprint density at radius 2 is 2.50 bits per heavy atom. The lowest BCUT2D eigenvalue weighted by Crippen LogP contribution is -2.37. The highest BCUT2D eigenvalue weighted by Gasteiger charge is 2.15. The minimum Gasteiger partial charge on any atom is -0.362 e. The average molecular weight is 255 g/mol. The molecule has 1 atom stereocenters. The second kappa shape index (κ2) is 5.68. The van der Waals surface area contributed by atoms with Gasteiger partial charge >= 0.3 is 0 Å². The van der Waals surface area contributed by atoms with E-state index in [2.05, 4.69) is 27.6 Å². The molecule has 16 heavy (non-hydrogen) atoms. The molecule has 1 fully saturated rings. The van der Waals surface area contributed by atoms with Crippen LogP contribution in [-0.2, 0) is 6.54 Å². The van der Waals surface area contributed by atoms with Crippen molar-refractivity contribution in [2.75, 3.05) is 5.75 Å². The summed E-state index contributed by atoms with van der Waals surface area (Å²) in [5.74, 6) is 1.18. The van der Waals surface area contributed by atoms with Gasteiger partial charge in [-0.1, -0.05) is 18.7 Å². The lowest BCUT2D eigenvalue weighted by Gasteiger charge is -2.24. The van der Waals surface area contributed by atoms with Crippen LogP contribution in [0, 0.1) is 6.92 Å². The number of aromatic nitrogens is 1. The van der Waals surface area contributed by atoms with Crippen molar-refractivity contribution in [2.45, 2.75) is 39.3 Å². The van der Waals surface area contributed by atoms with Gasteiger partial charge in [-0.2, -0.15) is 0 Å². The Hall–Kier alpha value is -0.550. The van der Waals surface area contributed by atoms with E-state index in [1.165, 1.54) is 18.6 Å². The third-order valence-electron chi connectivity index (χ3n) is 2.58. The maximum absolute atomic E-state index is 4.58. The fourth-order valence-electron chi connectivity index (χ4n) is 1.62. The largest absolute Gasteiger partial charge is 0.362 e. The number of hydrogen-bond donors (Lipinski definition) is 1. The van der Waals surface area contributed by atoms with E-state index in [0.29, 0.717) is 12.6 Å². The summed E-state index contributed by atoms with van der Waals surface area (Å²) in [6.07, 6.45) is 2.42. The predicted octanol–water partition coefficient (Wildman–Crippen LogP) is 2.81. The van der Waals surface area contributed by atoms with Crippen molar-refractivity contribution in [1.29, 1.82) is 0 Å². The molecule has 0 saturated carbocycles. The predicted molar refractivity (Wildman–Crippen MR) is 72.3 cm³/mol. The number of thioether (sulfide) groups is 1. The summed E-state index contributed by atoms with van der Waals surface area (Å²) in [5.41, 5.74) is 1.08. The monoisotopic (exact) mass is 255 g/mol. The molecule has 2 rings (SSSR count). The van der Waals surface area contributed by atoms with Crippen LogP contribution in [0.5, 0.6) is 0 Å². The Labute approximate surface area is 105 Å². The van der Waals surface area contributed by atoms with Crippen molar-refractivity contribution in [3.8, 4) is 0 Å². The zero-order valence-corrected chi connectivity index (χ0v) is 11.3. The maximum Gasteiger partial charge on any atom is 0.157 e. The first-order chi connectivity index (χ1) is 7.78. The van der Waals surface area contributed by atoms with Crippen molar-refractivity contribution in [2.24, 2.45) is 4.99 Å². The number of thiazole rings is 1. The van der Waals surface area contributed by atoms with Crippen LogP contribution < -0.4 is 5.32 Å². The first-order valence-electron chi connectivity index (χ1n) is 5.62. The van der Waals surface area contributed by atoms with Crippen molar-refractivity contribution in [1.82, 2.24) is 10.3 Å². The van der Waals surface area contributed by atoms with Gasteiger partial charge in [0.2, 0.25) is 0 Å². The third-order valence-corrected chi connectivity index (χ3v) is 4.36. The molecule has 1 aliphatic heterocycles. The van der Waals surface area contributed by atoms with Gasteiger partial charge < -0.3 is 5.32 Å². The van der Waals surface area contributed by atoms with Crippen LogP contribution >= 0.6 is 23.1 Å². The van der Waals surface area contributed by atoms with Crippen molar-refractivity contribution >= 4 is 28.3 Å². The van der Waals surface area contributed by atoms with E-state index < -0.39 is 0 Å². The van der Waals surface area contributed by atoms with Crippen molar-refractivity contribution < 1.29 is 0 Å². The molecule has 1 N–H and O–H groups in total. The summed E-state index contributed by atoms with van der Waals surface area (Å²) in [6.45, 7) is 4.95. The highest BCUT2D eigenvalue weighted by molar-refractivity contribution is 8.13. The molecule has 0 aromatic carbocycles. The molecule has 0 bridgehead atoms. The number of amidine groups is 1. The van der Waals surface area contributed by atoms with Gasteiger partial charge in [-0.15, -0.1) is 11.3 Å². The van der Waals surface area contributed by atoms with Gasteiger partial charge in [-0.05, 0) is 19.8 Å². The van der Waals surface area contributed by atoms with E-state index in [0.717, 1.165) is 15.9 Å². The Balaban J connectivity index is 1.91. The Morgan fingerprint density at radius 1 is 1.62 bits per heavy atom. The number of aryl methyl sites for hydroxylation is 1. The highest BCUT2D eigenvalue weighted by atomic mass is 32.2. The molecule has 2 heterocycles. The van der Waals surface area contributed by atoms with Gasteiger partial charge in [-0.3, -0.25) is 4.99 Å². The Morgan fingerprint density at radius 3 is 3.19 bits per heavy atom. The summed E-state index contributed by atoms with van der Waals surface area (Å²) >= 11 is 3.51. The molecule has 1 aromatic rings. The van der Waals surface area contributed by atoms with E-state index in [4.69, 9.17) is 0 Å². The van der Waals surface area contributed by atoms with Crippen LogP contribution in [0.4, 0.5) is 0 Å². The zero-order chi connectivity index (χ0) is 11.4. The van der Waals surface area contributed by atoms with Gasteiger partial charge in [0.25, 0.3) is 0 Å². The Kier molecular flexibility index (Phi) is 4.23. The molecule has 1 aliphatic rings. The van der Waals surface area contributed by atoms with Gasteiger partial charge in [0.05, 0.1) is 17.2 Å². The normalized spacial score (nSPS) is 23.4. The lowest BCUT2D eigenvalue weighted by molar-refractivity contribution is 0.570. The van der Waals surface area contributed by atoms with E-state index in [1.54, 1.807) is 11.3 Å². The molecule has 0 amide bonds. The number of rotatable bonds is 3. The molecule has 1 unspecified atom stereocenters. The van der Waals surface area contributed by atoms with Gasteiger partial charge in [-0.25, -0.2) is 4.98 Å². The molecule has 1 saturated heterocycles. The number of aliphatic imine (C=N–C) groups is 1. The summed E-state index contributed by atoms with van der Waals surface area (Å²) in [7, 11) is 0. The first kappa shape index (κ1) is 11.9. The summed E-state index contributed by atoms with van der Waals surface area (Å²) in [4.78, 5) is 8.99. The minimum atomic E-state index is 0.608. The van der Waals surface area contributed by atoms with Crippen LogP contribution in [0.2, 0.25) is 0 Å². The fraction of sp³-hybridized carbons (Fsp3) is 0.636. The minimum absolute atomic E-state index is 0.608. The molecule has 1 aromatic heterocycles. The smallest absolute Gasteiger partial charge is 0.157 e. The Bertz CT molecular complexity index is 373. The summed E-state index contributed by atoms with van der Waals surface area (Å²) in [5, 5.41) is 7.76. The summed E-state index contributed by atoms with van der Waals surface area (Å²) in [6, 6.07) is 0.608. The van der Waals surface area contributed by atoms with Gasteiger partial charge in [0.1, 0.15) is 0 Å². The van der Waals surface area contributed by atoms with E-state index in [1.807, 2.05) is 18.7 Å². The molecular formula is C11H17N3S2. The maximum atomic E-state index is 4.58. The fourth-order valence-corrected chi connectivity index (χ4v) is 3.22. The highest BCUT2D eigenvalue weighted by Crippen LogP contribution is 2.16. The molecule has 5 heteroatoms. The second-order valence-electron chi connectivity index (χ2n) is 3.87. The van der Waals surface area contributed by atoms with Crippen LogP contribution in [0.25, 0.3) is 0 Å². The average Bonchev–Trinajstić information content (AvgIpc) is 2.73. The first-order valence-corrected chi connectivity index (χ1v) is 7.49. The quantitative estimate of drug-likeness (QED) is 0.902. The van der Waals surface area contributed by atoms with Gasteiger partial charge in [0, 0.05) is 17.2 Å². The van der Waals surface area contributed by atoms with Crippen LogP contribution in [0.3, 0.4) is 0 Å². The molecule has 3 nitrogen and oxygen atoms in total. The van der Waals surface area contributed by atoms with Crippen molar-refractivity contribution in [3.05, 3.63) is 16.1 Å². The summed E-state index contributed by atoms with van der Waals surface area (Å²) < 4.78 is 0. The van der Waals surface area contributed by atoms with E-state index >= 15 is 0 Å². The van der Waals surface area contributed by atoms with Crippen LogP contribution in [0.15, 0.2) is 10.4 Å². The van der Waals surface area contributed by atoms with Gasteiger partial charge in [0.15, 0.2) is 5.17 Å². The lowest BCUT2D eigenvalue weighted by atomic mass is 10.2. The molecule has 0 radical (unpaired) electrons. The molecule has 0 aliphatic carbocycles. The third kappa shape index (κ3) is 3.22. The van der Waals surface area contributed by atoms with E-state index in [-0.39, 0.29) is 0 Å². The number of nitrogens with one attached hydrogen (secondary N) is 1. The number of nitrogens with zero attached hydrogens (tertiary/aromatic N) is 2. The molecule has 0 spiro atoms. The van der Waals surface area contributed by atoms with E-state index in [9.17, 15) is 0 Å². The molecule has 88 valence electrons. The topological polar surface area (TPSA) is 37.3 Å². The van der Waals surface area contributed by atoms with Crippen molar-refractivity contribution in [3.63, 3.8) is 0 Å². The number of hydrogen-bond acceptors (Lipinski definition) is 4. The zero-order valence-electron chi connectivity index (χ0n) is 9.69. The van der Waals surface area contributed by atoms with Crippen LogP contribution in [-0.4, -0.2) is 21.9 Å². The molecular weight excluding hydrogens is 238 g/mol. The standard InChI is InChI=1S/C11H17N3S2/c1-3-9-4-5-15-11(14-9)12-6-10-7-16-8(2)13-10/h7,9H,3-6H2,1-2H3,(H,12,14). The second-order valence-corrected chi connectivity index (χ2v) is 6.01.